The molecule has 13 rings (SSSR count). The van der Waals surface area contributed by atoms with Crippen molar-refractivity contribution in [2.75, 3.05) is 87.5 Å². The molecule has 654 valence electrons. The molecule has 3 aliphatic rings. The van der Waals surface area contributed by atoms with E-state index in [0.717, 1.165) is 31.1 Å². The number of aldehydes is 2. The first-order valence-corrected chi connectivity index (χ1v) is 51.0. The van der Waals surface area contributed by atoms with Gasteiger partial charge < -0.3 is 53.2 Å². The second kappa shape index (κ2) is 60.3. The second-order valence-corrected chi connectivity index (χ2v) is 47.0. The molecule has 0 bridgehead atoms. The number of hydrogen-bond acceptors (Lipinski definition) is 42. The van der Waals surface area contributed by atoms with Gasteiger partial charge >= 0.3 is 189 Å². The number of halogens is 1. The van der Waals surface area contributed by atoms with E-state index in [9.17, 15) is 64.2 Å². The molecule has 0 atom stereocenters. The average molecular weight is 1990 g/mol. The van der Waals surface area contributed by atoms with Crippen molar-refractivity contribution in [3.63, 3.8) is 0 Å². The number of aliphatic hydroxyl groups excluding tert-OH is 2. The number of hydrogen-bond donors (Lipinski definition) is 2. The van der Waals surface area contributed by atoms with Crippen LogP contribution >= 0.6 is 91.5 Å². The third-order valence-corrected chi connectivity index (χ3v) is 41.4. The van der Waals surface area contributed by atoms with E-state index < -0.39 is 63.9 Å². The third kappa shape index (κ3) is 38.4. The monoisotopic (exact) mass is 1990 g/mol. The fourth-order valence-electron chi connectivity index (χ4n) is 9.57. The summed E-state index contributed by atoms with van der Waals surface area (Å²) in [6, 6.07) is 11.8. The van der Waals surface area contributed by atoms with Crippen molar-refractivity contribution < 1.29 is 125 Å². The van der Waals surface area contributed by atoms with Crippen LogP contribution < -0.4 is 21.8 Å². The third-order valence-electron chi connectivity index (χ3n) is 15.5. The van der Waals surface area contributed by atoms with Gasteiger partial charge in [0.1, 0.15) is 50.6 Å². The number of carbonyl (C=O) groups is 4. The molecule has 0 saturated carbocycles. The molecule has 3 aliphatic heterocycles. The molecule has 10 aromatic heterocycles. The number of pyridine rings is 4. The summed E-state index contributed by atoms with van der Waals surface area (Å²) in [6.45, 7) is 10.6. The van der Waals surface area contributed by atoms with Crippen LogP contribution in [0, 0.1) is 40.5 Å². The van der Waals surface area contributed by atoms with Crippen molar-refractivity contribution >= 4 is 166 Å². The molecule has 122 heavy (non-hydrogen) atoms. The maximum absolute atomic E-state index is 11.2. The molecule has 0 radical (unpaired) electrons. The van der Waals surface area contributed by atoms with Crippen LogP contribution in [0.25, 0.3) is 37.8 Å². The maximum Gasteiger partial charge on any atom is 1.00 e. The van der Waals surface area contributed by atoms with Gasteiger partial charge in [-0.15, -0.1) is 56.7 Å². The summed E-state index contributed by atoms with van der Waals surface area (Å²) in [5.74, 6) is -1.08. The summed E-state index contributed by atoms with van der Waals surface area (Å²) in [4.78, 5) is 124. The van der Waals surface area contributed by atoms with Gasteiger partial charge in [-0.05, 0) is 46.3 Å². The summed E-state index contributed by atoms with van der Waals surface area (Å²) in [6.07, 6.45) is 26.3. The SMILES string of the molecule is CCC[CH2][Sn]([CH2]CCC)([CH2]CCC)[c]1cnc(C2OCCO2)s1.COC(=O)/C=C/c1ncc(-c2ccc([N+](=O)[O-])cn2)s1.COC(=O)CP(=O)(OC)OC.O=Cc1ncc(-c2ccc([N+](=O)[O-])cn2)s1.O=Cc1nccs1.O=[N+]([O-])c1ccc(-c2cnc(C3OCCO3)s2)nc1.O=[N+]([O-])c1ccc(Br)nc1.OCCO.[Li+].[OH-].c1csc(C2OCCO2)n1. The van der Waals surface area contributed by atoms with E-state index >= 15 is 0 Å². The first-order valence-electron chi connectivity index (χ1n) is 35.9. The van der Waals surface area contributed by atoms with Gasteiger partial charge in [-0.2, -0.15) is 0 Å². The van der Waals surface area contributed by atoms with Crippen LogP contribution in [0.5, 0.6) is 0 Å². The van der Waals surface area contributed by atoms with Crippen LogP contribution in [0.3, 0.4) is 0 Å². The number of ether oxygens (including phenoxy) is 8. The minimum atomic E-state index is -3.23. The van der Waals surface area contributed by atoms with E-state index in [1.165, 1.54) is 205 Å². The van der Waals surface area contributed by atoms with Crippen LogP contribution in [0.15, 0.2) is 132 Å². The molecule has 0 unspecified atom stereocenters. The second-order valence-electron chi connectivity index (χ2n) is 23.6. The number of thiazole rings is 6. The average Bonchev–Trinajstić information content (AvgIpc) is 1.67. The largest absolute Gasteiger partial charge is 1.00 e. The minimum Gasteiger partial charge on any atom is -0.870 e. The Labute approximate surface area is 747 Å². The molecule has 3 N–H and O–H groups in total. The Hall–Kier alpha value is -8.33. The van der Waals surface area contributed by atoms with Gasteiger partial charge in [0, 0.05) is 86.3 Å². The molecule has 0 aliphatic carbocycles. The van der Waals surface area contributed by atoms with E-state index in [-0.39, 0.29) is 79.0 Å². The summed E-state index contributed by atoms with van der Waals surface area (Å²) in [5.41, 5.74) is 1.64. The van der Waals surface area contributed by atoms with Crippen molar-refractivity contribution in [2.45, 2.75) is 91.5 Å². The molecule has 0 spiro atoms. The smallest absolute Gasteiger partial charge is 0.870 e. The summed E-state index contributed by atoms with van der Waals surface area (Å²) >= 11 is 9.48. The minimum absolute atomic E-state index is 0. The van der Waals surface area contributed by atoms with Crippen molar-refractivity contribution in [1.29, 1.82) is 0 Å². The topological polar surface area (TPSA) is 550 Å². The van der Waals surface area contributed by atoms with E-state index in [1.54, 1.807) is 56.5 Å². The number of carbonyl (C=O) groups excluding carboxylic acids is 4. The zero-order valence-electron chi connectivity index (χ0n) is 67.1. The van der Waals surface area contributed by atoms with E-state index in [2.05, 4.69) is 106 Å². The molecule has 13 heterocycles. The maximum atomic E-state index is 11.2. The summed E-state index contributed by atoms with van der Waals surface area (Å²) < 4.78 is 68.1. The van der Waals surface area contributed by atoms with Gasteiger partial charge in [-0.3, -0.25) is 59.4 Å². The van der Waals surface area contributed by atoms with Crippen LogP contribution in [0.1, 0.15) is 118 Å². The van der Waals surface area contributed by atoms with Crippen LogP contribution in [0.2, 0.25) is 13.3 Å². The van der Waals surface area contributed by atoms with Crippen molar-refractivity contribution in [1.82, 2.24) is 49.8 Å². The molecular weight excluding hydrogens is 1910 g/mol. The number of rotatable bonds is 29. The predicted octanol–water partition coefficient (Wildman–Crippen LogP) is 12.0. The first kappa shape index (κ1) is 108. The van der Waals surface area contributed by atoms with Crippen LogP contribution in [-0.2, 0) is 61.1 Å². The molecule has 40 nitrogen and oxygen atoms in total. The van der Waals surface area contributed by atoms with Gasteiger partial charge in [0.25, 0.3) is 22.7 Å². The van der Waals surface area contributed by atoms with E-state index in [0.29, 0.717) is 87.5 Å². The summed E-state index contributed by atoms with van der Waals surface area (Å²) in [7, 11) is 1.70. The van der Waals surface area contributed by atoms with Crippen LogP contribution in [-0.4, -0.2) is 216 Å². The first-order chi connectivity index (χ1) is 57.9. The zero-order valence-corrected chi connectivity index (χ0v) is 77.3. The van der Waals surface area contributed by atoms with Gasteiger partial charge in [-0.1, -0.05) is 0 Å². The van der Waals surface area contributed by atoms with E-state index in [1.807, 2.05) is 16.7 Å². The summed E-state index contributed by atoms with van der Waals surface area (Å²) in [5, 5.41) is 64.7. The number of aromatic nitrogens is 10. The van der Waals surface area contributed by atoms with Gasteiger partial charge in [-0.25, -0.2) is 49.7 Å². The Morgan fingerprint density at radius 2 is 0.902 bits per heavy atom. The van der Waals surface area contributed by atoms with Crippen molar-refractivity contribution in [2.24, 2.45) is 0 Å². The normalized spacial score (nSPS) is 12.7. The molecule has 10 aromatic rings. The Morgan fingerprint density at radius 1 is 0.508 bits per heavy atom. The molecule has 3 saturated heterocycles. The Kier molecular flexibility index (Phi) is 53.3. The van der Waals surface area contributed by atoms with Gasteiger partial charge in [0.05, 0.1) is 105 Å². The molecule has 0 amide bonds. The van der Waals surface area contributed by atoms with Gasteiger partial charge in [0.2, 0.25) is 12.6 Å². The number of unbranched alkanes of at least 4 members (excludes halogenated alkanes) is 3. The number of nitro groups is 4. The fourth-order valence-corrected chi connectivity index (χ4v) is 33.8. The number of nitrogens with zero attached hydrogens (tertiary/aromatic N) is 14. The molecule has 50 heteroatoms. The number of methoxy groups -OCH3 is 2. The molecular formula is C72H87BrLiN14O26PS6Sn. The Morgan fingerprint density at radius 3 is 1.25 bits per heavy atom. The molecule has 3 fully saturated rings. The molecule has 0 aromatic carbocycles. The zero-order chi connectivity index (χ0) is 87.7. The number of aliphatic hydroxyl groups is 2. The predicted molar refractivity (Wildman–Crippen MR) is 456 cm³/mol. The quantitative estimate of drug-likeness (QED) is 0.00642. The van der Waals surface area contributed by atoms with Gasteiger partial charge in [0.15, 0.2) is 22.6 Å². The van der Waals surface area contributed by atoms with Crippen LogP contribution in [0.4, 0.5) is 22.7 Å². The van der Waals surface area contributed by atoms with Crippen molar-refractivity contribution in [3.8, 4) is 31.7 Å². The Bertz CT molecular complexity index is 4730. The standard InChI is InChI=1S/C12H9N3O4S.C11H9N3O4S.C9H5N3O3S.C6H7NO2S.C6H6NO2S.C5H3BrN2O2.C5H11O5P.C4H3NOS.3C4H9.C2H6O2.Li.H2O.Sn/c1-19-12(16)5-4-11-14-7-10(20-11)9-3-2-8(6-13-9)15(17)18;15-14(16)7-1-2-8(12-5-7)9-6-13-10(19-9)11-17-3-4-18-11;13-5-9-11-4-8(16-9)7-2-1-6(3-10-7)12(14)15;2*1-4-10-5(7-1)6-8-2-3-9-6;6-5-2-1-4(3-7-5)8(9)10;1-8-5(6)4-11(7,9-2)10-3;6-3-4-5-1-2-7-4;3*1-3-4-2;3-1-2-4;;;/h2-7H,1H3;1-2,5-6,11H,3-4H2;1-5H;1,4,6H,2-3H2;1,6H,2-3H2;1-3H;4H2,1-3H3;1-3H;3*1,3-4H2,2H3;3-4H,1-2H2;;1H2;/q;;;;;;;;;;;;+1;;/p-1/b5-4+;;;;;;;;;;;;;;. The Balaban J connectivity index is 0.000000365. The van der Waals surface area contributed by atoms with E-state index in [4.69, 9.17) is 43.6 Å². The van der Waals surface area contributed by atoms with Crippen molar-refractivity contribution in [3.05, 3.63) is 202 Å². The number of esters is 2. The fraction of sp³-hybridized carbons (Fsp3) is 0.389.